The predicted molar refractivity (Wildman–Crippen MR) is 59.9 cm³/mol. The number of hydrazone groups is 1. The monoisotopic (exact) mass is 244 g/mol. The van der Waals surface area contributed by atoms with Crippen LogP contribution >= 0.6 is 11.6 Å². The maximum Gasteiger partial charge on any atom is 0.370 e. The van der Waals surface area contributed by atoms with Crippen LogP contribution in [0.25, 0.3) is 0 Å². The number of esters is 1. The standard InChI is InChI=1S/C10H10ClFN2O2/c1-2-16-10(15)9(11)14-13-8-5-3-7(12)4-6-8/h3-6,13H,2H2,1H3/b14-9-. The summed E-state index contributed by atoms with van der Waals surface area (Å²) in [6.45, 7) is 1.89. The van der Waals surface area contributed by atoms with Crippen LogP contribution in [0.5, 0.6) is 0 Å². The summed E-state index contributed by atoms with van der Waals surface area (Å²) >= 11 is 5.53. The first kappa shape index (κ1) is 12.4. The number of carbonyl (C=O) groups excluding carboxylic acids is 1. The van der Waals surface area contributed by atoms with Crippen LogP contribution in [0.15, 0.2) is 29.4 Å². The molecule has 0 heterocycles. The van der Waals surface area contributed by atoms with Gasteiger partial charge in [-0.05, 0) is 31.2 Å². The highest BCUT2D eigenvalue weighted by Crippen LogP contribution is 2.08. The predicted octanol–water partition coefficient (Wildman–Crippen LogP) is 2.35. The van der Waals surface area contributed by atoms with Gasteiger partial charge in [0.1, 0.15) is 5.82 Å². The number of rotatable bonds is 4. The fourth-order valence-electron chi connectivity index (χ4n) is 0.874. The lowest BCUT2D eigenvalue weighted by molar-refractivity contribution is -0.134. The zero-order valence-corrected chi connectivity index (χ0v) is 9.29. The number of halogens is 2. The molecule has 0 atom stereocenters. The van der Waals surface area contributed by atoms with Gasteiger partial charge in [-0.15, -0.1) is 0 Å². The van der Waals surface area contributed by atoms with E-state index in [1.54, 1.807) is 6.92 Å². The van der Waals surface area contributed by atoms with Gasteiger partial charge in [0.05, 0.1) is 12.3 Å². The van der Waals surface area contributed by atoms with Gasteiger partial charge in [0.2, 0.25) is 5.17 Å². The Kier molecular flexibility index (Phi) is 4.72. The number of hydrogen-bond donors (Lipinski definition) is 1. The molecular formula is C10H10ClFN2O2. The Morgan fingerprint density at radius 2 is 2.12 bits per heavy atom. The van der Waals surface area contributed by atoms with Crippen molar-refractivity contribution < 1.29 is 13.9 Å². The minimum atomic E-state index is -0.709. The maximum atomic E-state index is 12.6. The van der Waals surface area contributed by atoms with E-state index in [0.717, 1.165) is 0 Å². The molecule has 1 rings (SSSR count). The zero-order chi connectivity index (χ0) is 12.0. The van der Waals surface area contributed by atoms with Crippen LogP contribution in [0.4, 0.5) is 10.1 Å². The summed E-state index contributed by atoms with van der Waals surface area (Å²) in [5.74, 6) is -1.07. The van der Waals surface area contributed by atoms with E-state index in [4.69, 9.17) is 11.6 Å². The summed E-state index contributed by atoms with van der Waals surface area (Å²) in [7, 11) is 0. The first-order valence-corrected chi connectivity index (χ1v) is 4.93. The van der Waals surface area contributed by atoms with E-state index in [0.29, 0.717) is 5.69 Å². The summed E-state index contributed by atoms with van der Waals surface area (Å²) in [5.41, 5.74) is 3.02. The van der Waals surface area contributed by atoms with Crippen LogP contribution in [0.3, 0.4) is 0 Å². The molecule has 4 nitrogen and oxygen atoms in total. The van der Waals surface area contributed by atoms with Crippen LogP contribution in [0.1, 0.15) is 6.92 Å². The molecule has 0 radical (unpaired) electrons. The molecule has 0 spiro atoms. The summed E-state index contributed by atoms with van der Waals surface area (Å²) in [6.07, 6.45) is 0. The van der Waals surface area contributed by atoms with E-state index >= 15 is 0 Å². The topological polar surface area (TPSA) is 50.7 Å². The van der Waals surface area contributed by atoms with E-state index in [1.807, 2.05) is 0 Å². The Bertz CT molecular complexity index is 392. The molecule has 0 aliphatic heterocycles. The quantitative estimate of drug-likeness (QED) is 0.503. The molecule has 1 aromatic carbocycles. The average molecular weight is 245 g/mol. The van der Waals surface area contributed by atoms with Gasteiger partial charge in [-0.3, -0.25) is 5.43 Å². The van der Waals surface area contributed by atoms with Crippen molar-refractivity contribution in [1.82, 2.24) is 0 Å². The van der Waals surface area contributed by atoms with Crippen molar-refractivity contribution >= 4 is 28.4 Å². The Balaban J connectivity index is 2.58. The molecule has 0 aliphatic carbocycles. The molecule has 0 aliphatic rings. The largest absolute Gasteiger partial charge is 0.461 e. The van der Waals surface area contributed by atoms with Crippen LogP contribution in [0, 0.1) is 5.82 Å². The SMILES string of the molecule is CCOC(=O)/C(Cl)=N/Nc1ccc(F)cc1. The van der Waals surface area contributed by atoms with Crippen LogP contribution < -0.4 is 5.43 Å². The summed E-state index contributed by atoms with van der Waals surface area (Å²) in [5, 5.41) is 3.26. The summed E-state index contributed by atoms with van der Waals surface area (Å²) in [4.78, 5) is 11.0. The first-order valence-electron chi connectivity index (χ1n) is 4.55. The van der Waals surface area contributed by atoms with E-state index in [2.05, 4.69) is 15.3 Å². The first-order chi connectivity index (χ1) is 7.63. The number of nitrogens with one attached hydrogen (secondary N) is 1. The molecule has 0 fully saturated rings. The van der Waals surface area contributed by atoms with E-state index < -0.39 is 5.97 Å². The zero-order valence-electron chi connectivity index (χ0n) is 8.54. The van der Waals surface area contributed by atoms with Crippen molar-refractivity contribution in [2.75, 3.05) is 12.0 Å². The lowest BCUT2D eigenvalue weighted by Gasteiger charge is -2.01. The molecule has 6 heteroatoms. The Morgan fingerprint density at radius 3 is 2.69 bits per heavy atom. The normalized spacial score (nSPS) is 11.1. The lowest BCUT2D eigenvalue weighted by atomic mass is 10.3. The van der Waals surface area contributed by atoms with E-state index in [-0.39, 0.29) is 17.6 Å². The summed E-state index contributed by atoms with van der Waals surface area (Å²) in [6, 6.07) is 5.45. The average Bonchev–Trinajstić information content (AvgIpc) is 2.28. The van der Waals surface area contributed by atoms with Crippen molar-refractivity contribution in [3.63, 3.8) is 0 Å². The van der Waals surface area contributed by atoms with Crippen LogP contribution in [-0.4, -0.2) is 17.7 Å². The maximum absolute atomic E-state index is 12.6. The number of anilines is 1. The second-order valence-electron chi connectivity index (χ2n) is 2.74. The van der Waals surface area contributed by atoms with Crippen LogP contribution in [-0.2, 0) is 9.53 Å². The fraction of sp³-hybridized carbons (Fsp3) is 0.200. The third-order valence-electron chi connectivity index (χ3n) is 1.57. The molecule has 0 saturated carbocycles. The molecule has 0 bridgehead atoms. The Labute approximate surface area is 97.1 Å². The number of benzene rings is 1. The minimum Gasteiger partial charge on any atom is -0.461 e. The van der Waals surface area contributed by atoms with Crippen molar-refractivity contribution in [3.8, 4) is 0 Å². The molecule has 0 amide bonds. The highest BCUT2D eigenvalue weighted by molar-refractivity contribution is 6.82. The molecule has 0 unspecified atom stereocenters. The van der Waals surface area contributed by atoms with Crippen LogP contribution in [0.2, 0.25) is 0 Å². The van der Waals surface area contributed by atoms with Gasteiger partial charge in [0, 0.05) is 0 Å². The van der Waals surface area contributed by atoms with Gasteiger partial charge in [-0.25, -0.2) is 9.18 Å². The van der Waals surface area contributed by atoms with Crippen molar-refractivity contribution in [3.05, 3.63) is 30.1 Å². The molecule has 0 saturated heterocycles. The van der Waals surface area contributed by atoms with Gasteiger partial charge in [0.25, 0.3) is 0 Å². The van der Waals surface area contributed by atoms with Gasteiger partial charge in [0.15, 0.2) is 0 Å². The molecule has 1 aromatic rings. The van der Waals surface area contributed by atoms with Gasteiger partial charge in [-0.2, -0.15) is 5.10 Å². The Morgan fingerprint density at radius 1 is 1.50 bits per heavy atom. The molecular weight excluding hydrogens is 235 g/mol. The Hall–Kier alpha value is -1.62. The lowest BCUT2D eigenvalue weighted by Crippen LogP contribution is -2.13. The molecule has 0 aromatic heterocycles. The number of nitrogens with zero attached hydrogens (tertiary/aromatic N) is 1. The third-order valence-corrected chi connectivity index (χ3v) is 1.81. The smallest absolute Gasteiger partial charge is 0.370 e. The van der Waals surface area contributed by atoms with E-state index in [1.165, 1.54) is 24.3 Å². The number of ether oxygens (including phenoxy) is 1. The summed E-state index contributed by atoms with van der Waals surface area (Å²) < 4.78 is 17.2. The van der Waals surface area contributed by atoms with Gasteiger partial charge >= 0.3 is 5.97 Å². The van der Waals surface area contributed by atoms with Crippen molar-refractivity contribution in [1.29, 1.82) is 0 Å². The number of hydrogen-bond acceptors (Lipinski definition) is 4. The molecule has 1 N–H and O–H groups in total. The molecule has 86 valence electrons. The van der Waals surface area contributed by atoms with Gasteiger partial charge in [-0.1, -0.05) is 11.6 Å². The fourth-order valence-corrected chi connectivity index (χ4v) is 0.971. The van der Waals surface area contributed by atoms with Crippen molar-refractivity contribution in [2.45, 2.75) is 6.92 Å². The van der Waals surface area contributed by atoms with Gasteiger partial charge < -0.3 is 4.74 Å². The second kappa shape index (κ2) is 6.07. The second-order valence-corrected chi connectivity index (χ2v) is 3.10. The van der Waals surface area contributed by atoms with E-state index in [9.17, 15) is 9.18 Å². The highest BCUT2D eigenvalue weighted by Gasteiger charge is 2.08. The molecule has 16 heavy (non-hydrogen) atoms. The third kappa shape index (κ3) is 3.86. The number of carbonyl (C=O) groups is 1. The minimum absolute atomic E-state index is 0.223. The van der Waals surface area contributed by atoms with Crippen molar-refractivity contribution in [2.24, 2.45) is 5.10 Å². The highest BCUT2D eigenvalue weighted by atomic mass is 35.5.